The molecule has 0 spiro atoms. The third-order valence-electron chi connectivity index (χ3n) is 4.68. The van der Waals surface area contributed by atoms with Crippen LogP contribution in [0, 0.1) is 0 Å². The second kappa shape index (κ2) is 5.23. The van der Waals surface area contributed by atoms with Crippen LogP contribution in [-0.4, -0.2) is 38.8 Å². The fraction of sp³-hybridized carbons (Fsp3) is 0.353. The molecule has 0 radical (unpaired) electrons. The summed E-state index contributed by atoms with van der Waals surface area (Å²) in [5.41, 5.74) is 1.81. The van der Waals surface area contributed by atoms with E-state index in [1.807, 2.05) is 48.3 Å². The van der Waals surface area contributed by atoms with Crippen LogP contribution in [0.15, 0.2) is 48.7 Å². The zero-order chi connectivity index (χ0) is 16.0. The van der Waals surface area contributed by atoms with E-state index in [1.165, 1.54) is 0 Å². The first-order chi connectivity index (χ1) is 11.1. The molecule has 0 amide bonds. The summed E-state index contributed by atoms with van der Waals surface area (Å²) in [6, 6.07) is 13.5. The van der Waals surface area contributed by atoms with Crippen molar-refractivity contribution in [1.82, 2.24) is 4.98 Å². The predicted molar refractivity (Wildman–Crippen MR) is 91.4 cm³/mol. The Labute approximate surface area is 136 Å². The minimum atomic E-state index is -3.36. The molecule has 0 N–H and O–H groups in total. The lowest BCUT2D eigenvalue weighted by Gasteiger charge is -2.35. The molecule has 1 aliphatic heterocycles. The van der Waals surface area contributed by atoms with E-state index in [9.17, 15) is 8.42 Å². The van der Waals surface area contributed by atoms with Crippen LogP contribution in [0.2, 0.25) is 0 Å². The Bertz CT molecular complexity index is 823. The molecule has 1 aromatic heterocycles. The van der Waals surface area contributed by atoms with Crippen molar-refractivity contribution in [2.45, 2.75) is 17.6 Å². The second-order valence-corrected chi connectivity index (χ2v) is 8.25. The van der Waals surface area contributed by atoms with E-state index in [0.717, 1.165) is 11.4 Å². The van der Waals surface area contributed by atoms with Gasteiger partial charge in [-0.2, -0.15) is 0 Å². The maximum atomic E-state index is 13.1. The maximum absolute atomic E-state index is 13.1. The number of anilines is 2. The predicted octanol–water partition coefficient (Wildman–Crippen LogP) is 2.22. The van der Waals surface area contributed by atoms with E-state index in [2.05, 4.69) is 4.98 Å². The smallest absolute Gasteiger partial charge is 0.238 e. The molecule has 2 atom stereocenters. The monoisotopic (exact) mass is 329 g/mol. The van der Waals surface area contributed by atoms with Gasteiger partial charge in [-0.05, 0) is 24.1 Å². The van der Waals surface area contributed by atoms with Crippen molar-refractivity contribution in [2.75, 3.05) is 29.3 Å². The summed E-state index contributed by atoms with van der Waals surface area (Å²) in [6.45, 7) is 1.14. The van der Waals surface area contributed by atoms with Crippen LogP contribution in [0.25, 0.3) is 0 Å². The SMILES string of the molecule is CN1CCN(S(=O)(=O)[C@@H]2C[C@H]2c2ccccc2)c2cccnc21. The first kappa shape index (κ1) is 14.5. The number of rotatable bonds is 3. The van der Waals surface area contributed by atoms with Crippen LogP contribution < -0.4 is 9.21 Å². The van der Waals surface area contributed by atoms with Crippen molar-refractivity contribution in [1.29, 1.82) is 0 Å². The van der Waals surface area contributed by atoms with Gasteiger partial charge in [0.2, 0.25) is 10.0 Å². The van der Waals surface area contributed by atoms with E-state index in [0.29, 0.717) is 25.2 Å². The molecule has 1 aliphatic carbocycles. The van der Waals surface area contributed by atoms with Gasteiger partial charge in [-0.1, -0.05) is 30.3 Å². The number of nitrogens with zero attached hydrogens (tertiary/aromatic N) is 3. The quantitative estimate of drug-likeness (QED) is 0.866. The van der Waals surface area contributed by atoms with Crippen molar-refractivity contribution >= 4 is 21.5 Å². The lowest BCUT2D eigenvalue weighted by atomic mass is 10.1. The Balaban J connectivity index is 1.65. The Hall–Kier alpha value is -2.08. The Morgan fingerprint density at radius 3 is 2.65 bits per heavy atom. The van der Waals surface area contributed by atoms with Gasteiger partial charge in [0.25, 0.3) is 0 Å². The molecule has 1 aromatic carbocycles. The fourth-order valence-corrected chi connectivity index (χ4v) is 5.43. The van der Waals surface area contributed by atoms with Crippen molar-refractivity contribution in [3.63, 3.8) is 0 Å². The summed E-state index contributed by atoms with van der Waals surface area (Å²) < 4.78 is 27.7. The average molecular weight is 329 g/mol. The average Bonchev–Trinajstić information content (AvgIpc) is 3.37. The van der Waals surface area contributed by atoms with E-state index < -0.39 is 10.0 Å². The molecule has 1 fully saturated rings. The van der Waals surface area contributed by atoms with Crippen LogP contribution in [-0.2, 0) is 10.0 Å². The summed E-state index contributed by atoms with van der Waals surface area (Å²) in [4.78, 5) is 6.34. The Kier molecular flexibility index (Phi) is 3.30. The second-order valence-electron chi connectivity index (χ2n) is 6.18. The molecule has 23 heavy (non-hydrogen) atoms. The maximum Gasteiger partial charge on any atom is 0.238 e. The number of hydrogen-bond acceptors (Lipinski definition) is 4. The molecule has 6 heteroatoms. The van der Waals surface area contributed by atoms with Gasteiger partial charge in [0.1, 0.15) is 0 Å². The normalized spacial score (nSPS) is 23.5. The Morgan fingerprint density at radius 1 is 1.09 bits per heavy atom. The molecule has 1 saturated carbocycles. The standard InChI is InChI=1S/C17H19N3O2S/c1-19-10-11-20(15-8-5-9-18-17(15)19)23(21,22)16-12-14(16)13-6-3-2-4-7-13/h2-9,14,16H,10-12H2,1H3/t14-,16+/m0/s1. The molecule has 4 rings (SSSR count). The van der Waals surface area contributed by atoms with Gasteiger partial charge in [-0.25, -0.2) is 13.4 Å². The minimum Gasteiger partial charge on any atom is -0.356 e. The van der Waals surface area contributed by atoms with Gasteiger partial charge in [0.05, 0.1) is 17.5 Å². The number of fused-ring (bicyclic) bond motifs is 1. The summed E-state index contributed by atoms with van der Waals surface area (Å²) in [5.74, 6) is 0.847. The van der Waals surface area contributed by atoms with Crippen LogP contribution in [0.5, 0.6) is 0 Å². The number of benzene rings is 1. The number of hydrogen-bond donors (Lipinski definition) is 0. The van der Waals surface area contributed by atoms with Gasteiger partial charge in [-0.3, -0.25) is 4.31 Å². The molecular weight excluding hydrogens is 310 g/mol. The van der Waals surface area contributed by atoms with Gasteiger partial charge in [-0.15, -0.1) is 0 Å². The minimum absolute atomic E-state index is 0.112. The zero-order valence-corrected chi connectivity index (χ0v) is 13.8. The molecule has 120 valence electrons. The highest BCUT2D eigenvalue weighted by Gasteiger charge is 2.51. The molecule has 2 heterocycles. The third kappa shape index (κ3) is 2.37. The summed E-state index contributed by atoms with van der Waals surface area (Å²) in [5, 5.41) is -0.318. The van der Waals surface area contributed by atoms with Crippen molar-refractivity contribution in [2.24, 2.45) is 0 Å². The molecule has 5 nitrogen and oxygen atoms in total. The van der Waals surface area contributed by atoms with Gasteiger partial charge < -0.3 is 4.90 Å². The van der Waals surface area contributed by atoms with Crippen LogP contribution >= 0.6 is 0 Å². The van der Waals surface area contributed by atoms with Crippen LogP contribution in [0.3, 0.4) is 0 Å². The van der Waals surface area contributed by atoms with E-state index in [1.54, 1.807) is 16.6 Å². The van der Waals surface area contributed by atoms with Gasteiger partial charge in [0, 0.05) is 25.7 Å². The number of pyridine rings is 1. The molecule has 2 aliphatic rings. The molecular formula is C17H19N3O2S. The molecule has 0 bridgehead atoms. The zero-order valence-electron chi connectivity index (χ0n) is 13.0. The number of sulfonamides is 1. The lowest BCUT2D eigenvalue weighted by molar-refractivity contribution is 0.586. The first-order valence-corrected chi connectivity index (χ1v) is 9.32. The molecule has 0 unspecified atom stereocenters. The van der Waals surface area contributed by atoms with Crippen molar-refractivity contribution < 1.29 is 8.42 Å². The highest BCUT2D eigenvalue weighted by atomic mass is 32.2. The number of likely N-dealkylation sites (N-methyl/N-ethyl adjacent to an activating group) is 1. The summed E-state index contributed by atoms with van der Waals surface area (Å²) in [7, 11) is -1.41. The van der Waals surface area contributed by atoms with E-state index in [4.69, 9.17) is 0 Å². The largest absolute Gasteiger partial charge is 0.356 e. The highest BCUT2D eigenvalue weighted by molar-refractivity contribution is 7.93. The topological polar surface area (TPSA) is 53.5 Å². The fourth-order valence-electron chi connectivity index (χ4n) is 3.32. The lowest BCUT2D eigenvalue weighted by Crippen LogP contribution is -2.44. The van der Waals surface area contributed by atoms with E-state index >= 15 is 0 Å². The Morgan fingerprint density at radius 2 is 1.87 bits per heavy atom. The third-order valence-corrected chi connectivity index (χ3v) is 6.96. The van der Waals surface area contributed by atoms with Crippen LogP contribution in [0.4, 0.5) is 11.5 Å². The van der Waals surface area contributed by atoms with E-state index in [-0.39, 0.29) is 11.2 Å². The highest BCUT2D eigenvalue weighted by Crippen LogP contribution is 2.48. The van der Waals surface area contributed by atoms with Gasteiger partial charge in [0.15, 0.2) is 5.82 Å². The first-order valence-electron chi connectivity index (χ1n) is 7.81. The molecule has 2 aromatic rings. The summed E-state index contributed by atoms with van der Waals surface area (Å²) in [6.07, 6.45) is 2.41. The van der Waals surface area contributed by atoms with Crippen molar-refractivity contribution in [3.8, 4) is 0 Å². The number of aromatic nitrogens is 1. The van der Waals surface area contributed by atoms with Crippen molar-refractivity contribution in [3.05, 3.63) is 54.2 Å². The van der Waals surface area contributed by atoms with Gasteiger partial charge >= 0.3 is 0 Å². The molecule has 0 saturated heterocycles. The summed E-state index contributed by atoms with van der Waals surface area (Å²) >= 11 is 0. The van der Waals surface area contributed by atoms with Crippen LogP contribution in [0.1, 0.15) is 17.9 Å².